The quantitative estimate of drug-likeness (QED) is 0.129. The number of carbonyl (C=O) groups is 5. The average molecular weight is 617 g/mol. The molecule has 12 nitrogen and oxygen atoms in total. The Bertz CT molecular complexity index is 1780. The molecule has 0 saturated heterocycles. The van der Waals surface area contributed by atoms with E-state index in [-0.39, 0.29) is 11.5 Å². The number of rotatable bonds is 8. The number of aliphatic hydroxyl groups excluding tert-OH is 3. The fourth-order valence-corrected chi connectivity index (χ4v) is 4.85. The van der Waals surface area contributed by atoms with Gasteiger partial charge in [-0.2, -0.15) is 0 Å². The lowest BCUT2D eigenvalue weighted by molar-refractivity contribution is -0.146. The van der Waals surface area contributed by atoms with Crippen LogP contribution >= 0.6 is 0 Å². The zero-order chi connectivity index (χ0) is 33.4. The molecule has 232 valence electrons. The van der Waals surface area contributed by atoms with E-state index in [0.717, 1.165) is 26.0 Å². The van der Waals surface area contributed by atoms with Gasteiger partial charge in [0.05, 0.1) is 5.92 Å². The first-order valence-electron chi connectivity index (χ1n) is 13.4. The molecule has 0 aromatic heterocycles. The number of aliphatic hydroxyl groups is 5. The normalized spacial score (nSPS) is 24.4. The summed E-state index contributed by atoms with van der Waals surface area (Å²) in [7, 11) is 0. The van der Waals surface area contributed by atoms with Gasteiger partial charge in [-0.15, -0.1) is 0 Å². The smallest absolute Gasteiger partial charge is 0.199 e. The van der Waals surface area contributed by atoms with Gasteiger partial charge in [0.25, 0.3) is 0 Å². The summed E-state index contributed by atoms with van der Waals surface area (Å²) in [5.74, 6) is -12.0. The molecule has 2 aliphatic carbocycles. The van der Waals surface area contributed by atoms with Gasteiger partial charge in [0.2, 0.25) is 0 Å². The highest BCUT2D eigenvalue weighted by molar-refractivity contribution is 6.34. The predicted octanol–water partition coefficient (Wildman–Crippen LogP) is 2.64. The number of ketones is 5. The zero-order valence-electron chi connectivity index (χ0n) is 23.9. The first kappa shape index (κ1) is 32.3. The number of allylic oxidation sites excluding steroid dienone is 5. The number of phenolic OH excluding ortho intramolecular Hbond substituents is 2. The maximum atomic E-state index is 13.5. The highest BCUT2D eigenvalue weighted by Crippen LogP contribution is 2.40. The summed E-state index contributed by atoms with van der Waals surface area (Å²) in [6.07, 6.45) is 3.22. The minimum atomic E-state index is -2.78. The molecule has 12 heteroatoms. The number of hydrogen-bond donors (Lipinski definition) is 7. The second kappa shape index (κ2) is 11.8. The highest BCUT2D eigenvalue weighted by atomic mass is 16.4. The van der Waals surface area contributed by atoms with Gasteiger partial charge in [0.15, 0.2) is 40.1 Å². The lowest BCUT2D eigenvalue weighted by Crippen LogP contribution is -2.51. The molecule has 0 fully saturated rings. The molecule has 3 atom stereocenters. The van der Waals surface area contributed by atoms with E-state index in [2.05, 4.69) is 0 Å². The molecule has 2 aliphatic rings. The van der Waals surface area contributed by atoms with Crippen molar-refractivity contribution in [2.24, 2.45) is 5.92 Å². The van der Waals surface area contributed by atoms with Crippen molar-refractivity contribution in [1.82, 2.24) is 0 Å². The highest BCUT2D eigenvalue weighted by Gasteiger charge is 2.53. The van der Waals surface area contributed by atoms with Crippen LogP contribution in [0.3, 0.4) is 0 Å². The summed E-state index contributed by atoms with van der Waals surface area (Å²) >= 11 is 0. The molecule has 2 aromatic rings. The van der Waals surface area contributed by atoms with E-state index in [9.17, 15) is 59.7 Å². The van der Waals surface area contributed by atoms with Crippen molar-refractivity contribution in [2.45, 2.75) is 31.5 Å². The van der Waals surface area contributed by atoms with Gasteiger partial charge in [0.1, 0.15) is 39.9 Å². The molecule has 2 aromatic carbocycles. The van der Waals surface area contributed by atoms with E-state index in [1.54, 1.807) is 0 Å². The minimum Gasteiger partial charge on any atom is -0.508 e. The summed E-state index contributed by atoms with van der Waals surface area (Å²) in [6.45, 7) is 1.68. The first-order valence-corrected chi connectivity index (χ1v) is 13.4. The van der Waals surface area contributed by atoms with Gasteiger partial charge in [-0.25, -0.2) is 0 Å². The Balaban J connectivity index is 1.68. The van der Waals surface area contributed by atoms with Crippen LogP contribution in [0.2, 0.25) is 0 Å². The summed E-state index contributed by atoms with van der Waals surface area (Å²) in [5, 5.41) is 72.5. The lowest BCUT2D eigenvalue weighted by Gasteiger charge is -2.34. The number of benzene rings is 2. The molecule has 0 spiro atoms. The zero-order valence-corrected chi connectivity index (χ0v) is 23.9. The Morgan fingerprint density at radius 3 is 1.56 bits per heavy atom. The van der Waals surface area contributed by atoms with Crippen LogP contribution in [0.25, 0.3) is 12.2 Å². The SMILES string of the molecule is CC1(O)C(=O)C(CC2=C(O)C(C)(O)C(O)=C(C(=O)/C=C/c3ccc(O)cc3)C2=O)C(=O)C(C(=O)/C=C/c2ccc(O)cc2)=C1O. The second-order valence-corrected chi connectivity index (χ2v) is 10.8. The fraction of sp³-hybridized carbons (Fsp3) is 0.182. The molecule has 7 N–H and O–H groups in total. The van der Waals surface area contributed by atoms with Crippen LogP contribution < -0.4 is 0 Å². The lowest BCUT2D eigenvalue weighted by atomic mass is 9.71. The summed E-state index contributed by atoms with van der Waals surface area (Å²) < 4.78 is 0. The van der Waals surface area contributed by atoms with Crippen molar-refractivity contribution < 1.29 is 59.7 Å². The summed E-state index contributed by atoms with van der Waals surface area (Å²) in [4.78, 5) is 66.2. The molecular formula is C33H28O12. The van der Waals surface area contributed by atoms with Crippen molar-refractivity contribution in [3.05, 3.63) is 106 Å². The van der Waals surface area contributed by atoms with Crippen molar-refractivity contribution in [1.29, 1.82) is 0 Å². The van der Waals surface area contributed by atoms with Gasteiger partial charge < -0.3 is 35.7 Å². The van der Waals surface area contributed by atoms with Gasteiger partial charge in [0, 0.05) is 5.57 Å². The topological polar surface area (TPSA) is 227 Å². The minimum absolute atomic E-state index is 0.0465. The Morgan fingerprint density at radius 1 is 0.667 bits per heavy atom. The molecule has 3 unspecified atom stereocenters. The molecule has 0 heterocycles. The molecule has 0 bridgehead atoms. The Morgan fingerprint density at radius 2 is 1.09 bits per heavy atom. The molecular weight excluding hydrogens is 588 g/mol. The van der Waals surface area contributed by atoms with Crippen LogP contribution in [0, 0.1) is 5.92 Å². The third-order valence-electron chi connectivity index (χ3n) is 7.54. The van der Waals surface area contributed by atoms with Crippen LogP contribution in [0.1, 0.15) is 31.4 Å². The van der Waals surface area contributed by atoms with Crippen molar-refractivity contribution in [2.75, 3.05) is 0 Å². The third kappa shape index (κ3) is 5.96. The fourth-order valence-electron chi connectivity index (χ4n) is 4.85. The third-order valence-corrected chi connectivity index (χ3v) is 7.54. The van der Waals surface area contributed by atoms with Crippen LogP contribution in [0.5, 0.6) is 11.5 Å². The monoisotopic (exact) mass is 616 g/mol. The van der Waals surface area contributed by atoms with E-state index in [0.29, 0.717) is 11.1 Å². The molecule has 0 radical (unpaired) electrons. The van der Waals surface area contributed by atoms with Crippen molar-refractivity contribution in [3.8, 4) is 11.5 Å². The van der Waals surface area contributed by atoms with Gasteiger partial charge in [-0.3, -0.25) is 24.0 Å². The largest absolute Gasteiger partial charge is 0.508 e. The second-order valence-electron chi connectivity index (χ2n) is 10.8. The van der Waals surface area contributed by atoms with Crippen LogP contribution in [-0.2, 0) is 24.0 Å². The molecule has 0 saturated carbocycles. The standard InChI is InChI=1S/C33H28O12/c1-32(44)28(40)20(26(38)24(30(32)42)22(36)13-7-16-3-9-18(34)10-4-16)15-21-27(39)25(31(43)33(2,45)29(21)41)23(37)14-8-17-5-11-19(35)12-6-17/h3-14,20,34-35,41-45H,15H2,1-2H3/b13-7+,14-8+. The van der Waals surface area contributed by atoms with E-state index < -0.39 is 86.5 Å². The van der Waals surface area contributed by atoms with Gasteiger partial charge in [-0.05, 0) is 67.8 Å². The number of hydrogen-bond acceptors (Lipinski definition) is 12. The van der Waals surface area contributed by atoms with E-state index in [1.165, 1.54) is 60.7 Å². The van der Waals surface area contributed by atoms with Crippen LogP contribution in [0.4, 0.5) is 0 Å². The maximum Gasteiger partial charge on any atom is 0.199 e. The van der Waals surface area contributed by atoms with E-state index >= 15 is 0 Å². The molecule has 0 aliphatic heterocycles. The number of aromatic hydroxyl groups is 2. The first-order chi connectivity index (χ1) is 21.0. The Hall–Kier alpha value is -5.59. The van der Waals surface area contributed by atoms with Crippen LogP contribution in [-0.4, -0.2) is 75.9 Å². The molecule has 4 rings (SSSR count). The molecule has 0 amide bonds. The van der Waals surface area contributed by atoms with Gasteiger partial charge in [-0.1, -0.05) is 36.4 Å². The average Bonchev–Trinajstić information content (AvgIpc) is 2.99. The van der Waals surface area contributed by atoms with Gasteiger partial charge >= 0.3 is 0 Å². The van der Waals surface area contributed by atoms with Crippen LogP contribution in [0.15, 0.2) is 94.7 Å². The van der Waals surface area contributed by atoms with E-state index in [4.69, 9.17) is 0 Å². The van der Waals surface area contributed by atoms with Crippen molar-refractivity contribution in [3.63, 3.8) is 0 Å². The Labute approximate surface area is 255 Å². The summed E-state index contributed by atoms with van der Waals surface area (Å²) in [5.41, 5.74) is -7.44. The van der Waals surface area contributed by atoms with E-state index in [1.807, 2.05) is 0 Å². The summed E-state index contributed by atoms with van der Waals surface area (Å²) in [6, 6.07) is 11.1. The maximum absolute atomic E-state index is 13.5. The van der Waals surface area contributed by atoms with Crippen molar-refractivity contribution >= 4 is 41.1 Å². The number of carbonyl (C=O) groups excluding carboxylic acids is 5. The number of phenols is 2. The predicted molar refractivity (Wildman–Crippen MR) is 158 cm³/mol. The number of Topliss-reactive ketones (excluding diaryl/α,β-unsaturated/α-hetero) is 3. The Kier molecular flexibility index (Phi) is 8.50. The molecule has 45 heavy (non-hydrogen) atoms.